The van der Waals surface area contributed by atoms with E-state index in [1.165, 1.54) is 5.56 Å². The van der Waals surface area contributed by atoms with Gasteiger partial charge in [0.1, 0.15) is 0 Å². The summed E-state index contributed by atoms with van der Waals surface area (Å²) < 4.78 is 5.35. The van der Waals surface area contributed by atoms with Gasteiger partial charge in [0.05, 0.1) is 12.6 Å². The van der Waals surface area contributed by atoms with Crippen LogP contribution in [0, 0.1) is 0 Å². The Balaban J connectivity index is 1.43. The summed E-state index contributed by atoms with van der Waals surface area (Å²) in [5.74, 6) is 1.98. The maximum atomic E-state index is 13.3. The van der Waals surface area contributed by atoms with Crippen molar-refractivity contribution in [3.05, 3.63) is 47.6 Å². The Hall–Kier alpha value is -2.21. The normalized spacial score (nSPS) is 20.6. The maximum Gasteiger partial charge on any atom is 0.240 e. The zero-order valence-corrected chi connectivity index (χ0v) is 16.0. The number of hydrogen-bond donors (Lipinski definition) is 0. The van der Waals surface area contributed by atoms with Crippen LogP contribution in [0.3, 0.4) is 0 Å². The molecule has 2 fully saturated rings. The first kappa shape index (κ1) is 18.2. The van der Waals surface area contributed by atoms with Gasteiger partial charge in [0.15, 0.2) is 5.82 Å². The molecule has 0 bridgehead atoms. The number of piperidine rings is 1. The van der Waals surface area contributed by atoms with Crippen molar-refractivity contribution in [2.45, 2.75) is 64.1 Å². The van der Waals surface area contributed by atoms with Crippen LogP contribution in [0.15, 0.2) is 34.9 Å². The van der Waals surface area contributed by atoms with Gasteiger partial charge in [0, 0.05) is 19.0 Å². The molecule has 0 spiro atoms. The Morgan fingerprint density at radius 1 is 1.22 bits per heavy atom. The van der Waals surface area contributed by atoms with Gasteiger partial charge in [-0.15, -0.1) is 0 Å². The van der Waals surface area contributed by atoms with Crippen molar-refractivity contribution in [1.29, 1.82) is 0 Å². The third-order valence-electron chi connectivity index (χ3n) is 5.56. The van der Waals surface area contributed by atoms with E-state index in [9.17, 15) is 4.79 Å². The number of hydrogen-bond acceptors (Lipinski definition) is 5. The number of nitrogens with zero attached hydrogens (tertiary/aromatic N) is 4. The Bertz CT molecular complexity index is 757. The van der Waals surface area contributed by atoms with Gasteiger partial charge in [-0.05, 0) is 44.7 Å². The summed E-state index contributed by atoms with van der Waals surface area (Å²) in [5.41, 5.74) is 1.26. The van der Waals surface area contributed by atoms with Gasteiger partial charge >= 0.3 is 0 Å². The Labute approximate surface area is 160 Å². The molecular weight excluding hydrogens is 340 g/mol. The highest BCUT2D eigenvalue weighted by Crippen LogP contribution is 2.38. The molecule has 1 aromatic carbocycles. The Morgan fingerprint density at radius 3 is 2.78 bits per heavy atom. The average Bonchev–Trinajstić information content (AvgIpc) is 3.45. The Kier molecular flexibility index (Phi) is 5.53. The molecule has 1 aromatic heterocycles. The standard InChI is InChI=1S/C21H28N4O2/c1-2-24(15-19-22-20(27-23-19)17-11-12-17)21(26)18-10-6-7-13-25(18)14-16-8-4-3-5-9-16/h3-5,8-9,17-18H,2,6-7,10-15H2,1H3/t18-/m1/s1. The number of likely N-dealkylation sites (N-methyl/N-ethyl adjacent to an activating group) is 1. The fourth-order valence-corrected chi connectivity index (χ4v) is 3.83. The van der Waals surface area contributed by atoms with Crippen LogP contribution in [0.1, 0.15) is 62.2 Å². The molecule has 1 saturated carbocycles. The van der Waals surface area contributed by atoms with Crippen molar-refractivity contribution >= 4 is 5.91 Å². The van der Waals surface area contributed by atoms with Crippen molar-refractivity contribution in [2.75, 3.05) is 13.1 Å². The highest BCUT2D eigenvalue weighted by atomic mass is 16.5. The van der Waals surface area contributed by atoms with Crippen LogP contribution in [0.4, 0.5) is 0 Å². The fourth-order valence-electron chi connectivity index (χ4n) is 3.83. The van der Waals surface area contributed by atoms with E-state index in [-0.39, 0.29) is 11.9 Å². The quantitative estimate of drug-likeness (QED) is 0.750. The highest BCUT2D eigenvalue weighted by Gasteiger charge is 2.33. The van der Waals surface area contributed by atoms with E-state index in [2.05, 4.69) is 39.3 Å². The molecule has 2 aliphatic rings. The van der Waals surface area contributed by atoms with Crippen LogP contribution >= 0.6 is 0 Å². The maximum absolute atomic E-state index is 13.3. The van der Waals surface area contributed by atoms with Gasteiger partial charge < -0.3 is 9.42 Å². The molecule has 1 atom stereocenters. The molecule has 6 nitrogen and oxygen atoms in total. The zero-order chi connectivity index (χ0) is 18.6. The summed E-state index contributed by atoms with van der Waals surface area (Å²) in [5, 5.41) is 4.09. The van der Waals surface area contributed by atoms with E-state index in [0.29, 0.717) is 24.8 Å². The highest BCUT2D eigenvalue weighted by molar-refractivity contribution is 5.82. The molecule has 4 rings (SSSR count). The average molecular weight is 368 g/mol. The SMILES string of the molecule is CCN(Cc1noc(C2CC2)n1)C(=O)[C@H]1CCCCN1Cc1ccccc1. The molecule has 0 radical (unpaired) electrons. The van der Waals surface area contributed by atoms with Gasteiger partial charge in [-0.3, -0.25) is 9.69 Å². The van der Waals surface area contributed by atoms with Gasteiger partial charge in [-0.25, -0.2) is 0 Å². The van der Waals surface area contributed by atoms with Crippen molar-refractivity contribution in [3.8, 4) is 0 Å². The minimum Gasteiger partial charge on any atom is -0.339 e. The van der Waals surface area contributed by atoms with Crippen LogP contribution in [-0.4, -0.2) is 45.0 Å². The van der Waals surface area contributed by atoms with Crippen molar-refractivity contribution < 1.29 is 9.32 Å². The molecule has 2 aromatic rings. The number of carbonyl (C=O) groups excluding carboxylic acids is 1. The molecule has 1 amide bonds. The molecule has 1 aliphatic carbocycles. The van der Waals surface area contributed by atoms with Crippen LogP contribution < -0.4 is 0 Å². The predicted octanol–water partition coefficient (Wildman–Crippen LogP) is 3.35. The van der Waals surface area contributed by atoms with Crippen molar-refractivity contribution in [1.82, 2.24) is 19.9 Å². The number of likely N-dealkylation sites (tertiary alicyclic amines) is 1. The summed E-state index contributed by atoms with van der Waals surface area (Å²) >= 11 is 0. The molecule has 1 saturated heterocycles. The van der Waals surface area contributed by atoms with Gasteiger partial charge in [-0.1, -0.05) is 41.9 Å². The van der Waals surface area contributed by atoms with Crippen molar-refractivity contribution in [2.24, 2.45) is 0 Å². The van der Waals surface area contributed by atoms with E-state index in [1.807, 2.05) is 17.9 Å². The van der Waals surface area contributed by atoms with Crippen LogP contribution in [0.2, 0.25) is 0 Å². The van der Waals surface area contributed by atoms with Gasteiger partial charge in [0.25, 0.3) is 0 Å². The van der Waals surface area contributed by atoms with Gasteiger partial charge in [-0.2, -0.15) is 4.98 Å². The third kappa shape index (κ3) is 4.38. The van der Waals surface area contributed by atoms with E-state index < -0.39 is 0 Å². The first-order chi connectivity index (χ1) is 13.2. The molecule has 144 valence electrons. The van der Waals surface area contributed by atoms with E-state index in [4.69, 9.17) is 4.52 Å². The second-order valence-electron chi connectivity index (χ2n) is 7.64. The van der Waals surface area contributed by atoms with E-state index in [0.717, 1.165) is 51.1 Å². The summed E-state index contributed by atoms with van der Waals surface area (Å²) in [4.78, 5) is 22.0. The molecule has 1 aliphatic heterocycles. The second-order valence-corrected chi connectivity index (χ2v) is 7.64. The lowest BCUT2D eigenvalue weighted by atomic mass is 9.99. The molecule has 0 unspecified atom stereocenters. The smallest absolute Gasteiger partial charge is 0.240 e. The molecular formula is C21H28N4O2. The largest absolute Gasteiger partial charge is 0.339 e. The van der Waals surface area contributed by atoms with E-state index >= 15 is 0 Å². The predicted molar refractivity (Wildman–Crippen MR) is 102 cm³/mol. The summed E-state index contributed by atoms with van der Waals surface area (Å²) in [6, 6.07) is 10.3. The summed E-state index contributed by atoms with van der Waals surface area (Å²) in [7, 11) is 0. The summed E-state index contributed by atoms with van der Waals surface area (Å²) in [6.07, 6.45) is 5.44. The first-order valence-corrected chi connectivity index (χ1v) is 10.1. The number of benzene rings is 1. The molecule has 6 heteroatoms. The molecule has 0 N–H and O–H groups in total. The lowest BCUT2D eigenvalue weighted by Crippen LogP contribution is -2.50. The number of amides is 1. The van der Waals surface area contributed by atoms with Crippen LogP contribution in [0.5, 0.6) is 0 Å². The second kappa shape index (κ2) is 8.21. The lowest BCUT2D eigenvalue weighted by molar-refractivity contribution is -0.139. The number of aromatic nitrogens is 2. The monoisotopic (exact) mass is 368 g/mol. The minimum atomic E-state index is -0.0614. The topological polar surface area (TPSA) is 62.5 Å². The lowest BCUT2D eigenvalue weighted by Gasteiger charge is -2.37. The van der Waals surface area contributed by atoms with Crippen LogP contribution in [-0.2, 0) is 17.9 Å². The third-order valence-corrected chi connectivity index (χ3v) is 5.56. The zero-order valence-electron chi connectivity index (χ0n) is 16.0. The van der Waals surface area contributed by atoms with Gasteiger partial charge in [0.2, 0.25) is 11.8 Å². The minimum absolute atomic E-state index is 0.0614. The molecule has 27 heavy (non-hydrogen) atoms. The molecule has 2 heterocycles. The Morgan fingerprint density at radius 2 is 2.04 bits per heavy atom. The number of carbonyl (C=O) groups is 1. The first-order valence-electron chi connectivity index (χ1n) is 10.1. The van der Waals surface area contributed by atoms with Crippen molar-refractivity contribution in [3.63, 3.8) is 0 Å². The van der Waals surface area contributed by atoms with E-state index in [1.54, 1.807) is 0 Å². The number of rotatable bonds is 7. The fraction of sp³-hybridized carbons (Fsp3) is 0.571. The van der Waals surface area contributed by atoms with Crippen LogP contribution in [0.25, 0.3) is 0 Å². The summed E-state index contributed by atoms with van der Waals surface area (Å²) in [6.45, 7) is 4.90.